The van der Waals surface area contributed by atoms with Crippen molar-refractivity contribution in [1.29, 1.82) is 0 Å². The fourth-order valence-corrected chi connectivity index (χ4v) is 7.43. The number of carboxylic acids is 1. The van der Waals surface area contributed by atoms with Gasteiger partial charge in [-0.15, -0.1) is 11.8 Å². The molecule has 13 heteroatoms. The molecule has 1 amide bonds. The summed E-state index contributed by atoms with van der Waals surface area (Å²) in [5.41, 5.74) is 1.47. The normalized spacial score (nSPS) is 29.1. The molecule has 2 fully saturated rings. The Morgan fingerprint density at radius 1 is 1.36 bits per heavy atom. The predicted octanol–water partition coefficient (Wildman–Crippen LogP) is 0.860. The predicted molar refractivity (Wildman–Crippen MR) is 134 cm³/mol. The molecular weight excluding hydrogens is 506 g/mol. The van der Waals surface area contributed by atoms with Crippen molar-refractivity contribution < 1.29 is 28.2 Å². The molecule has 0 spiro atoms. The molecule has 0 saturated carbocycles. The van der Waals surface area contributed by atoms with Crippen LogP contribution in [0, 0.1) is 18.4 Å². The average molecular weight is 536 g/mol. The third-order valence-corrected chi connectivity index (χ3v) is 9.13. The number of amides is 1. The molecule has 0 aromatic heterocycles. The fraction of sp³-hybridized carbons (Fsp3) is 0.522. The van der Waals surface area contributed by atoms with Gasteiger partial charge >= 0.3 is 5.97 Å². The summed E-state index contributed by atoms with van der Waals surface area (Å²) in [6.45, 7) is 11.7. The van der Waals surface area contributed by atoms with E-state index in [2.05, 4.69) is 14.5 Å². The van der Waals surface area contributed by atoms with Crippen LogP contribution in [0.2, 0.25) is 0 Å². The van der Waals surface area contributed by atoms with E-state index in [4.69, 9.17) is 11.7 Å². The number of hydrogen-bond acceptors (Lipinski definition) is 7. The lowest BCUT2D eigenvalue weighted by Crippen LogP contribution is -2.63. The highest BCUT2D eigenvalue weighted by atomic mass is 32.2. The van der Waals surface area contributed by atoms with Crippen LogP contribution in [0.25, 0.3) is 4.85 Å². The van der Waals surface area contributed by atoms with Crippen molar-refractivity contribution >= 4 is 39.5 Å². The number of β-lactam (4-membered cyclic amide) rings is 1. The molecule has 3 aliphatic rings. The third-order valence-electron chi connectivity index (χ3n) is 7.07. The Morgan fingerprint density at radius 3 is 2.58 bits per heavy atom. The van der Waals surface area contributed by atoms with Crippen LogP contribution < -0.4 is 9.86 Å². The number of carbonyl (C=O) groups excluding carboxylic acids is 1. The summed E-state index contributed by atoms with van der Waals surface area (Å²) in [4.78, 5) is 32.2. The van der Waals surface area contributed by atoms with E-state index in [-0.39, 0.29) is 41.4 Å². The first-order valence-electron chi connectivity index (χ1n) is 11.5. The van der Waals surface area contributed by atoms with Crippen LogP contribution in [-0.2, 0) is 26.3 Å². The molecule has 36 heavy (non-hydrogen) atoms. The molecule has 5 N–H and O–H groups in total. The maximum Gasteiger partial charge on any atom is 0.353 e. The van der Waals surface area contributed by atoms with Crippen LogP contribution in [0.5, 0.6) is 0 Å². The van der Waals surface area contributed by atoms with Gasteiger partial charge in [-0.05, 0) is 18.9 Å². The topological polar surface area (TPSA) is 158 Å². The number of aliphatic hydroxyl groups excluding tert-OH is 1. The Morgan fingerprint density at radius 2 is 2.03 bits per heavy atom. The van der Waals surface area contributed by atoms with Crippen LogP contribution in [0.4, 0.5) is 5.69 Å². The molecule has 3 aliphatic heterocycles. The van der Waals surface area contributed by atoms with Gasteiger partial charge in [0.15, 0.2) is 5.69 Å². The molecule has 4 rings (SSSR count). The van der Waals surface area contributed by atoms with E-state index < -0.39 is 28.2 Å². The number of rotatable bonds is 9. The van der Waals surface area contributed by atoms with Crippen molar-refractivity contribution in [2.24, 2.45) is 17.0 Å². The number of nitrogens with zero attached hydrogens (tertiary/aromatic N) is 3. The highest BCUT2D eigenvalue weighted by molar-refractivity contribution is 8.03. The molecule has 11 nitrogen and oxygen atoms in total. The lowest BCUT2D eigenvalue weighted by atomic mass is 9.79. The molecule has 0 aliphatic carbocycles. The van der Waals surface area contributed by atoms with Crippen LogP contribution >= 0.6 is 11.8 Å². The molecule has 1 aromatic carbocycles. The summed E-state index contributed by atoms with van der Waals surface area (Å²) in [7, 11) is -3.88. The second-order valence-electron chi connectivity index (χ2n) is 9.50. The summed E-state index contributed by atoms with van der Waals surface area (Å²) >= 11 is 1.41. The minimum absolute atomic E-state index is 0.0215. The van der Waals surface area contributed by atoms with Crippen molar-refractivity contribution in [3.8, 4) is 0 Å². The van der Waals surface area contributed by atoms with Gasteiger partial charge in [-0.1, -0.05) is 31.2 Å². The third kappa shape index (κ3) is 5.15. The standard InChI is InChI=1S/C23H29N5O6S2/c1-12-19-18(13(2)29)22(30)28(19)20(23(31)32)21(12)35-17-8-16(9-26-36(24,33)34)27(11-17)10-14-4-6-15(25-3)7-5-14/h4-7,12-13,16-19,26,29H,8-11H2,1-2H3,(H,31,32)(H2,24,33,34)/t12-,13-,16+,17+,18-,19-/m1/s1. The second-order valence-corrected chi connectivity index (χ2v) is 12.2. The van der Waals surface area contributed by atoms with E-state index in [0.717, 1.165) is 5.56 Å². The number of carboxylic acid groups (broad SMARTS) is 1. The fourth-order valence-electron chi connectivity index (χ4n) is 5.41. The number of fused-ring (bicyclic) bond motifs is 1. The minimum Gasteiger partial charge on any atom is -0.477 e. The first-order valence-corrected chi connectivity index (χ1v) is 14.0. The van der Waals surface area contributed by atoms with E-state index >= 15 is 0 Å². The number of benzene rings is 1. The van der Waals surface area contributed by atoms with Crippen LogP contribution in [0.15, 0.2) is 34.9 Å². The zero-order valence-electron chi connectivity index (χ0n) is 19.9. The van der Waals surface area contributed by atoms with Crippen LogP contribution in [-0.4, -0.2) is 76.8 Å². The number of thioether (sulfide) groups is 1. The number of carbonyl (C=O) groups is 2. The Labute approximate surface area is 214 Å². The Kier molecular flexibility index (Phi) is 7.47. The van der Waals surface area contributed by atoms with Gasteiger partial charge in [-0.25, -0.2) is 19.5 Å². The number of nitrogens with one attached hydrogen (secondary N) is 1. The van der Waals surface area contributed by atoms with Crippen molar-refractivity contribution in [2.75, 3.05) is 13.1 Å². The number of hydrogen-bond donors (Lipinski definition) is 4. The van der Waals surface area contributed by atoms with Gasteiger partial charge in [-0.3, -0.25) is 9.69 Å². The first-order chi connectivity index (χ1) is 16.9. The molecule has 0 unspecified atom stereocenters. The van der Waals surface area contributed by atoms with Gasteiger partial charge in [-0.2, -0.15) is 8.42 Å². The Balaban J connectivity index is 1.54. The molecule has 0 bridgehead atoms. The van der Waals surface area contributed by atoms with Crippen molar-refractivity contribution in [3.63, 3.8) is 0 Å². The van der Waals surface area contributed by atoms with Crippen molar-refractivity contribution in [1.82, 2.24) is 14.5 Å². The zero-order chi connectivity index (χ0) is 26.4. The lowest BCUT2D eigenvalue weighted by molar-refractivity contribution is -0.163. The lowest BCUT2D eigenvalue weighted by Gasteiger charge is -2.46. The van der Waals surface area contributed by atoms with Crippen molar-refractivity contribution in [2.45, 2.75) is 50.3 Å². The van der Waals surface area contributed by atoms with Gasteiger partial charge in [0.2, 0.25) is 5.91 Å². The van der Waals surface area contributed by atoms with Crippen LogP contribution in [0.1, 0.15) is 25.8 Å². The maximum atomic E-state index is 12.6. The molecule has 1 aromatic rings. The molecule has 6 atom stereocenters. The van der Waals surface area contributed by atoms with E-state index in [0.29, 0.717) is 30.1 Å². The molecule has 2 saturated heterocycles. The van der Waals surface area contributed by atoms with Crippen molar-refractivity contribution in [3.05, 3.63) is 51.8 Å². The minimum atomic E-state index is -3.88. The average Bonchev–Trinajstić information content (AvgIpc) is 3.28. The van der Waals surface area contributed by atoms with E-state index in [1.807, 2.05) is 19.1 Å². The second kappa shape index (κ2) is 10.1. The quantitative estimate of drug-likeness (QED) is 0.268. The molecule has 194 valence electrons. The summed E-state index contributed by atoms with van der Waals surface area (Å²) in [6, 6.07) is 6.60. The van der Waals surface area contributed by atoms with Gasteiger partial charge in [0.1, 0.15) is 5.70 Å². The highest BCUT2D eigenvalue weighted by Gasteiger charge is 2.60. The molecule has 0 radical (unpaired) electrons. The summed E-state index contributed by atoms with van der Waals surface area (Å²) in [5.74, 6) is -2.42. The Hall–Kier alpha value is -2.47. The van der Waals surface area contributed by atoms with Gasteiger partial charge < -0.3 is 15.1 Å². The van der Waals surface area contributed by atoms with Crippen LogP contribution in [0.3, 0.4) is 0 Å². The van der Waals surface area contributed by atoms with Gasteiger partial charge in [0.25, 0.3) is 10.2 Å². The number of likely N-dealkylation sites (tertiary alicyclic amines) is 1. The van der Waals surface area contributed by atoms with E-state index in [1.54, 1.807) is 19.1 Å². The summed E-state index contributed by atoms with van der Waals surface area (Å²) in [6.07, 6.45) is -0.292. The zero-order valence-corrected chi connectivity index (χ0v) is 21.5. The molecular formula is C23H29N5O6S2. The highest BCUT2D eigenvalue weighted by Crippen LogP contribution is 2.52. The summed E-state index contributed by atoms with van der Waals surface area (Å²) in [5, 5.41) is 25.1. The van der Waals surface area contributed by atoms with E-state index in [1.165, 1.54) is 16.7 Å². The monoisotopic (exact) mass is 535 g/mol. The Bertz CT molecular complexity index is 1230. The largest absolute Gasteiger partial charge is 0.477 e. The number of aliphatic hydroxyl groups is 1. The number of nitrogens with two attached hydrogens (primary N) is 1. The number of aliphatic carboxylic acids is 1. The molecule has 3 heterocycles. The van der Waals surface area contributed by atoms with Gasteiger partial charge in [0, 0.05) is 41.7 Å². The summed E-state index contributed by atoms with van der Waals surface area (Å²) < 4.78 is 25.4. The SMILES string of the molecule is [C-]#[N+]c1ccc(CN2C[C@@H](SC3=C(C(=O)O)N4C(=O)[C@H]([C@@H](C)O)[C@H]4[C@H]3C)C[C@H]2CNS(N)(=O)=O)cc1. The first kappa shape index (κ1) is 26.6. The maximum absolute atomic E-state index is 12.6. The van der Waals surface area contributed by atoms with Gasteiger partial charge in [0.05, 0.1) is 24.6 Å². The smallest absolute Gasteiger partial charge is 0.353 e. The van der Waals surface area contributed by atoms with E-state index in [9.17, 15) is 28.2 Å².